The van der Waals surface area contributed by atoms with Gasteiger partial charge in [-0.25, -0.2) is 4.79 Å². The zero-order valence-electron chi connectivity index (χ0n) is 11.7. The molecule has 21 heavy (non-hydrogen) atoms. The molecule has 110 valence electrons. The molecule has 0 spiro atoms. The molecule has 1 aromatic rings. The summed E-state index contributed by atoms with van der Waals surface area (Å²) in [6, 6.07) is 9.01. The number of nitriles is 1. The van der Waals surface area contributed by atoms with Gasteiger partial charge in [-0.15, -0.1) is 0 Å². The average molecular weight is 288 g/mol. The number of methoxy groups -OCH3 is 1. The molecule has 0 aromatic heterocycles. The van der Waals surface area contributed by atoms with Gasteiger partial charge in [0.25, 0.3) is 5.91 Å². The number of carbonyl (C=O) groups excluding carboxylic acids is 2. The first-order valence-corrected chi connectivity index (χ1v) is 6.28. The molecule has 0 aliphatic heterocycles. The lowest BCUT2D eigenvalue weighted by Gasteiger charge is -2.03. The van der Waals surface area contributed by atoms with Gasteiger partial charge in [-0.1, -0.05) is 12.1 Å². The lowest BCUT2D eigenvalue weighted by Crippen LogP contribution is -2.29. The van der Waals surface area contributed by atoms with E-state index in [0.717, 1.165) is 11.3 Å². The Balaban J connectivity index is 2.34. The van der Waals surface area contributed by atoms with Crippen LogP contribution in [0.4, 0.5) is 0 Å². The molecule has 1 rings (SSSR count). The van der Waals surface area contributed by atoms with Crippen molar-refractivity contribution in [3.05, 3.63) is 35.9 Å². The Hall–Kier alpha value is -2.81. The second-order valence-corrected chi connectivity index (χ2v) is 3.97. The van der Waals surface area contributed by atoms with Gasteiger partial charge >= 0.3 is 5.97 Å². The Morgan fingerprint density at radius 2 is 2.05 bits per heavy atom. The van der Waals surface area contributed by atoms with Crippen molar-refractivity contribution < 1.29 is 19.1 Å². The van der Waals surface area contributed by atoms with Crippen LogP contribution in [0, 0.1) is 11.3 Å². The minimum absolute atomic E-state index is 0.219. The van der Waals surface area contributed by atoms with E-state index >= 15 is 0 Å². The number of esters is 1. The summed E-state index contributed by atoms with van der Waals surface area (Å²) in [5, 5.41) is 10.8. The highest BCUT2D eigenvalue weighted by atomic mass is 16.5. The van der Waals surface area contributed by atoms with Gasteiger partial charge in [-0.3, -0.25) is 4.79 Å². The number of ether oxygens (including phenoxy) is 2. The normalized spacial score (nSPS) is 9.90. The smallest absolute Gasteiger partial charge is 0.331 e. The maximum atomic E-state index is 11.4. The number of nitrogens with zero attached hydrogens (tertiary/aromatic N) is 1. The number of amides is 1. The second-order valence-electron chi connectivity index (χ2n) is 3.97. The molecule has 1 amide bonds. The Morgan fingerprint density at radius 1 is 1.33 bits per heavy atom. The van der Waals surface area contributed by atoms with Gasteiger partial charge in [0, 0.05) is 12.6 Å². The molecule has 1 N–H and O–H groups in total. The average Bonchev–Trinajstić information content (AvgIpc) is 2.51. The number of hydrogen-bond donors (Lipinski definition) is 1. The van der Waals surface area contributed by atoms with Crippen LogP contribution < -0.4 is 10.1 Å². The fraction of sp³-hybridized carbons (Fsp3) is 0.267. The standard InChI is InChI=1S/C15H16N2O4/c1-20-13-6-3-12(4-7-13)5-8-15(19)21-11-14(18)17-10-2-9-16/h3-8H,2,10-11H2,1H3,(H,17,18)/b8-5+. The fourth-order valence-electron chi connectivity index (χ4n) is 1.37. The van der Waals surface area contributed by atoms with Crippen LogP contribution in [-0.2, 0) is 14.3 Å². The Morgan fingerprint density at radius 3 is 2.67 bits per heavy atom. The third kappa shape index (κ3) is 6.78. The van der Waals surface area contributed by atoms with E-state index in [4.69, 9.17) is 14.7 Å². The van der Waals surface area contributed by atoms with Crippen LogP contribution >= 0.6 is 0 Å². The molecule has 1 aromatic carbocycles. The van der Waals surface area contributed by atoms with Crippen LogP contribution in [0.2, 0.25) is 0 Å². The maximum absolute atomic E-state index is 11.4. The summed E-state index contributed by atoms with van der Waals surface area (Å²) in [7, 11) is 1.57. The van der Waals surface area contributed by atoms with Crippen LogP contribution in [0.15, 0.2) is 30.3 Å². The minimum atomic E-state index is -0.610. The zero-order chi connectivity index (χ0) is 15.5. The molecule has 6 nitrogen and oxygen atoms in total. The van der Waals surface area contributed by atoms with Crippen LogP contribution in [0.1, 0.15) is 12.0 Å². The van der Waals surface area contributed by atoms with Crippen LogP contribution in [-0.4, -0.2) is 32.1 Å². The topological polar surface area (TPSA) is 88.4 Å². The van der Waals surface area contributed by atoms with Gasteiger partial charge in [0.15, 0.2) is 6.61 Å². The highest BCUT2D eigenvalue weighted by Gasteiger charge is 2.04. The molecule has 0 unspecified atom stereocenters. The predicted octanol–water partition coefficient (Wildman–Crippen LogP) is 1.28. The number of carbonyl (C=O) groups is 2. The predicted molar refractivity (Wildman–Crippen MR) is 76.2 cm³/mol. The van der Waals surface area contributed by atoms with Crippen molar-refractivity contribution in [2.75, 3.05) is 20.3 Å². The molecule has 0 heterocycles. The highest BCUT2D eigenvalue weighted by molar-refractivity contribution is 5.89. The van der Waals surface area contributed by atoms with Crippen molar-refractivity contribution >= 4 is 18.0 Å². The summed E-state index contributed by atoms with van der Waals surface area (Å²) in [6.07, 6.45) is 3.04. The summed E-state index contributed by atoms with van der Waals surface area (Å²) < 4.78 is 9.78. The van der Waals surface area contributed by atoms with E-state index in [1.807, 2.05) is 6.07 Å². The van der Waals surface area contributed by atoms with E-state index in [1.165, 1.54) is 6.08 Å². The van der Waals surface area contributed by atoms with Gasteiger partial charge < -0.3 is 14.8 Å². The van der Waals surface area contributed by atoms with E-state index in [1.54, 1.807) is 37.5 Å². The monoisotopic (exact) mass is 288 g/mol. The third-order valence-electron chi connectivity index (χ3n) is 2.43. The summed E-state index contributed by atoms with van der Waals surface area (Å²) >= 11 is 0. The van der Waals surface area contributed by atoms with Crippen molar-refractivity contribution in [1.29, 1.82) is 5.26 Å². The first kappa shape index (κ1) is 16.2. The maximum Gasteiger partial charge on any atom is 0.331 e. The van der Waals surface area contributed by atoms with Crippen molar-refractivity contribution in [2.45, 2.75) is 6.42 Å². The second kappa shape index (κ2) is 9.15. The van der Waals surface area contributed by atoms with E-state index in [9.17, 15) is 9.59 Å². The SMILES string of the molecule is COc1ccc(/C=C/C(=O)OCC(=O)NCCC#N)cc1. The van der Waals surface area contributed by atoms with E-state index in [-0.39, 0.29) is 19.6 Å². The molecule has 0 saturated carbocycles. The molecule has 0 aliphatic rings. The quantitative estimate of drug-likeness (QED) is 0.464. The molecular formula is C15H16N2O4. The highest BCUT2D eigenvalue weighted by Crippen LogP contribution is 2.12. The molecule has 0 aliphatic carbocycles. The molecule has 0 fully saturated rings. The van der Waals surface area contributed by atoms with E-state index in [0.29, 0.717) is 0 Å². The Bertz CT molecular complexity index is 544. The van der Waals surface area contributed by atoms with Gasteiger partial charge in [-0.05, 0) is 23.8 Å². The van der Waals surface area contributed by atoms with E-state index < -0.39 is 11.9 Å². The molecule has 6 heteroatoms. The van der Waals surface area contributed by atoms with Crippen molar-refractivity contribution in [1.82, 2.24) is 5.32 Å². The van der Waals surface area contributed by atoms with Gasteiger partial charge in [-0.2, -0.15) is 5.26 Å². The number of hydrogen-bond acceptors (Lipinski definition) is 5. The lowest BCUT2D eigenvalue weighted by atomic mass is 10.2. The van der Waals surface area contributed by atoms with Crippen LogP contribution in [0.25, 0.3) is 6.08 Å². The Kier molecular flexibility index (Phi) is 7.08. The molecule has 0 saturated heterocycles. The fourth-order valence-corrected chi connectivity index (χ4v) is 1.37. The molecule has 0 bridgehead atoms. The number of benzene rings is 1. The summed E-state index contributed by atoms with van der Waals surface area (Å²) in [4.78, 5) is 22.6. The summed E-state index contributed by atoms with van der Waals surface area (Å²) in [6.45, 7) is -0.119. The zero-order valence-corrected chi connectivity index (χ0v) is 11.7. The van der Waals surface area contributed by atoms with Gasteiger partial charge in [0.2, 0.25) is 0 Å². The largest absolute Gasteiger partial charge is 0.497 e. The Labute approximate surface area is 123 Å². The summed E-state index contributed by atoms with van der Waals surface area (Å²) in [5.41, 5.74) is 0.811. The first-order chi connectivity index (χ1) is 10.2. The number of rotatable bonds is 7. The number of nitrogens with one attached hydrogen (secondary N) is 1. The van der Waals surface area contributed by atoms with E-state index in [2.05, 4.69) is 5.32 Å². The minimum Gasteiger partial charge on any atom is -0.497 e. The summed E-state index contributed by atoms with van der Waals surface area (Å²) in [5.74, 6) is -0.318. The van der Waals surface area contributed by atoms with Crippen LogP contribution in [0.5, 0.6) is 5.75 Å². The lowest BCUT2D eigenvalue weighted by molar-refractivity contribution is -0.143. The van der Waals surface area contributed by atoms with Crippen molar-refractivity contribution in [3.63, 3.8) is 0 Å². The van der Waals surface area contributed by atoms with Crippen LogP contribution in [0.3, 0.4) is 0 Å². The van der Waals surface area contributed by atoms with Gasteiger partial charge in [0.1, 0.15) is 5.75 Å². The van der Waals surface area contributed by atoms with Crippen molar-refractivity contribution in [3.8, 4) is 11.8 Å². The van der Waals surface area contributed by atoms with Crippen molar-refractivity contribution in [2.24, 2.45) is 0 Å². The molecule has 0 radical (unpaired) electrons. The first-order valence-electron chi connectivity index (χ1n) is 6.28. The molecule has 0 atom stereocenters. The third-order valence-corrected chi connectivity index (χ3v) is 2.43. The molecular weight excluding hydrogens is 272 g/mol. The van der Waals surface area contributed by atoms with Gasteiger partial charge in [0.05, 0.1) is 19.6 Å².